The van der Waals surface area contributed by atoms with Crippen molar-refractivity contribution in [1.29, 1.82) is 0 Å². The summed E-state index contributed by atoms with van der Waals surface area (Å²) in [4.78, 5) is 23.9. The fraction of sp³-hybridized carbons (Fsp3) is 0.500. The maximum atomic E-state index is 12.6. The lowest BCUT2D eigenvalue weighted by molar-refractivity contribution is -0.192. The Kier molecular flexibility index (Phi) is 7.89. The number of carboxylic acid groups (broad SMARTS) is 1. The number of carboxylic acids is 1. The number of hydrogen-bond donors (Lipinski definition) is 3. The number of hydrogen-bond acceptors (Lipinski definition) is 4. The fourth-order valence-corrected chi connectivity index (χ4v) is 4.04. The largest absolute Gasteiger partial charge is 0.490 e. The van der Waals surface area contributed by atoms with E-state index in [2.05, 4.69) is 32.5 Å². The molecular weight excluding hydrogens is 425 g/mol. The van der Waals surface area contributed by atoms with Gasteiger partial charge in [0, 0.05) is 35.8 Å². The summed E-state index contributed by atoms with van der Waals surface area (Å²) in [5.41, 5.74) is 4.54. The predicted octanol–water partition coefficient (Wildman–Crippen LogP) is 3.03. The molecule has 2 aromatic rings. The van der Waals surface area contributed by atoms with Crippen LogP contribution < -0.4 is 5.32 Å². The molecule has 1 aromatic heterocycles. The molecule has 32 heavy (non-hydrogen) atoms. The van der Waals surface area contributed by atoms with Gasteiger partial charge in [0.1, 0.15) is 0 Å². The Morgan fingerprint density at radius 1 is 1.19 bits per heavy atom. The average molecular weight is 452 g/mol. The molecule has 1 saturated heterocycles. The van der Waals surface area contributed by atoms with Gasteiger partial charge in [-0.05, 0) is 45.2 Å². The molecule has 1 aliphatic heterocycles. The summed E-state index contributed by atoms with van der Waals surface area (Å²) in [5, 5.41) is 18.0. The van der Waals surface area contributed by atoms with Crippen LogP contribution in [-0.2, 0) is 22.4 Å². The highest BCUT2D eigenvalue weighted by Crippen LogP contribution is 2.32. The first-order chi connectivity index (χ1) is 15.3. The number of alkyl halides is 3. The number of benzene rings is 1. The summed E-state index contributed by atoms with van der Waals surface area (Å²) in [6.07, 6.45) is 0.0914. The summed E-state index contributed by atoms with van der Waals surface area (Å²) >= 11 is 0. The van der Waals surface area contributed by atoms with E-state index in [-0.39, 0.29) is 11.8 Å². The molecule has 7 nitrogen and oxygen atoms in total. The van der Waals surface area contributed by atoms with Crippen LogP contribution in [0, 0.1) is 5.92 Å². The molecule has 2 aliphatic rings. The van der Waals surface area contributed by atoms with E-state index >= 15 is 0 Å². The predicted molar refractivity (Wildman–Crippen MR) is 112 cm³/mol. The van der Waals surface area contributed by atoms with Crippen LogP contribution in [0.2, 0.25) is 0 Å². The molecule has 0 saturated carbocycles. The van der Waals surface area contributed by atoms with Gasteiger partial charge in [-0.25, -0.2) is 4.79 Å². The van der Waals surface area contributed by atoms with Crippen molar-refractivity contribution in [2.24, 2.45) is 5.92 Å². The number of amides is 1. The van der Waals surface area contributed by atoms with Crippen LogP contribution in [0.1, 0.15) is 30.5 Å². The van der Waals surface area contributed by atoms with Gasteiger partial charge in [-0.1, -0.05) is 30.3 Å². The smallest absolute Gasteiger partial charge is 0.475 e. The van der Waals surface area contributed by atoms with Crippen LogP contribution in [0.5, 0.6) is 0 Å². The number of carbonyl (C=O) groups is 2. The Hall–Kier alpha value is -2.88. The molecule has 10 heteroatoms. The lowest BCUT2D eigenvalue weighted by Crippen LogP contribution is -2.38. The first-order valence-corrected chi connectivity index (χ1v) is 10.7. The molecule has 1 atom stereocenters. The van der Waals surface area contributed by atoms with Gasteiger partial charge in [0.2, 0.25) is 5.91 Å². The van der Waals surface area contributed by atoms with E-state index in [1.54, 1.807) is 0 Å². The number of likely N-dealkylation sites (tertiary alicyclic amines) is 1. The van der Waals surface area contributed by atoms with Crippen LogP contribution in [0.25, 0.3) is 11.3 Å². The number of aromatic amines is 1. The van der Waals surface area contributed by atoms with Gasteiger partial charge in [0.25, 0.3) is 0 Å². The number of halogens is 3. The number of H-pyrrole nitrogens is 1. The summed E-state index contributed by atoms with van der Waals surface area (Å²) in [7, 11) is 0. The second-order valence-electron chi connectivity index (χ2n) is 7.98. The van der Waals surface area contributed by atoms with Crippen LogP contribution in [0.15, 0.2) is 30.3 Å². The molecular formula is C22H27F3N4O3. The maximum absolute atomic E-state index is 12.6. The minimum atomic E-state index is -5.08. The van der Waals surface area contributed by atoms with E-state index < -0.39 is 12.1 Å². The van der Waals surface area contributed by atoms with E-state index in [0.717, 1.165) is 43.6 Å². The highest BCUT2D eigenvalue weighted by Gasteiger charge is 2.38. The number of fused-ring (bicyclic) bond motifs is 1. The third-order valence-corrected chi connectivity index (χ3v) is 5.73. The molecule has 0 radical (unpaired) electrons. The molecule has 0 bridgehead atoms. The van der Waals surface area contributed by atoms with Crippen LogP contribution in [0.3, 0.4) is 0 Å². The highest BCUT2D eigenvalue weighted by molar-refractivity contribution is 5.80. The zero-order chi connectivity index (χ0) is 23.1. The first kappa shape index (κ1) is 23.8. The van der Waals surface area contributed by atoms with Gasteiger partial charge in [0.15, 0.2) is 0 Å². The third kappa shape index (κ3) is 6.32. The number of aromatic nitrogens is 2. The van der Waals surface area contributed by atoms with E-state index in [0.29, 0.717) is 0 Å². The van der Waals surface area contributed by atoms with Crippen molar-refractivity contribution in [2.45, 2.75) is 38.3 Å². The summed E-state index contributed by atoms with van der Waals surface area (Å²) < 4.78 is 31.7. The quantitative estimate of drug-likeness (QED) is 0.648. The number of rotatable bonds is 5. The van der Waals surface area contributed by atoms with Crippen molar-refractivity contribution in [3.05, 3.63) is 41.6 Å². The minimum absolute atomic E-state index is 0.0612. The molecule has 4 rings (SSSR count). The standard InChI is InChI=1S/C20H26N4O.C2HF3O2/c25-20(21-10-13-24-11-4-5-12-24)16-8-9-18-17(14-16)19(23-22-18)15-6-2-1-3-7-15;3-2(4,5)1(6)7/h1-3,6-7,16H,4-5,8-14H2,(H,21,25)(H,22,23);(H,6,7). The summed E-state index contributed by atoms with van der Waals surface area (Å²) in [6.45, 7) is 4.10. The third-order valence-electron chi connectivity index (χ3n) is 5.73. The summed E-state index contributed by atoms with van der Waals surface area (Å²) in [5.74, 6) is -2.50. The van der Waals surface area contributed by atoms with Crippen LogP contribution >= 0.6 is 0 Å². The van der Waals surface area contributed by atoms with Gasteiger partial charge >= 0.3 is 12.1 Å². The lowest BCUT2D eigenvalue weighted by Gasteiger charge is -2.22. The fourth-order valence-electron chi connectivity index (χ4n) is 4.04. The average Bonchev–Trinajstić information content (AvgIpc) is 3.43. The van der Waals surface area contributed by atoms with Crippen molar-refractivity contribution in [1.82, 2.24) is 20.4 Å². The number of nitrogens with one attached hydrogen (secondary N) is 2. The molecule has 3 N–H and O–H groups in total. The van der Waals surface area contributed by atoms with Crippen molar-refractivity contribution in [3.63, 3.8) is 0 Å². The topological polar surface area (TPSA) is 98.3 Å². The van der Waals surface area contributed by atoms with Crippen molar-refractivity contribution in [3.8, 4) is 11.3 Å². The first-order valence-electron chi connectivity index (χ1n) is 10.7. The van der Waals surface area contributed by atoms with Gasteiger partial charge in [-0.15, -0.1) is 0 Å². The van der Waals surface area contributed by atoms with E-state index in [9.17, 15) is 18.0 Å². The van der Waals surface area contributed by atoms with Crippen molar-refractivity contribution < 1.29 is 27.9 Å². The number of carbonyl (C=O) groups excluding carboxylic acids is 1. The molecule has 1 amide bonds. The lowest BCUT2D eigenvalue weighted by atomic mass is 9.85. The van der Waals surface area contributed by atoms with E-state index in [1.807, 2.05) is 18.2 Å². The van der Waals surface area contributed by atoms with E-state index in [4.69, 9.17) is 9.90 Å². The second kappa shape index (κ2) is 10.6. The van der Waals surface area contributed by atoms with Gasteiger partial charge in [0.05, 0.1) is 5.69 Å². The Labute approximate surface area is 184 Å². The van der Waals surface area contributed by atoms with Crippen LogP contribution in [0.4, 0.5) is 13.2 Å². The maximum Gasteiger partial charge on any atom is 0.490 e. The Morgan fingerprint density at radius 3 is 2.47 bits per heavy atom. The zero-order valence-corrected chi connectivity index (χ0v) is 17.6. The van der Waals surface area contributed by atoms with Crippen molar-refractivity contribution in [2.75, 3.05) is 26.2 Å². The van der Waals surface area contributed by atoms with Crippen LogP contribution in [-0.4, -0.2) is 64.4 Å². The van der Waals surface area contributed by atoms with Crippen molar-refractivity contribution >= 4 is 11.9 Å². The number of aliphatic carboxylic acids is 1. The molecule has 2 heterocycles. The monoisotopic (exact) mass is 452 g/mol. The highest BCUT2D eigenvalue weighted by atomic mass is 19.4. The molecule has 1 unspecified atom stereocenters. The zero-order valence-electron chi connectivity index (χ0n) is 17.6. The molecule has 0 spiro atoms. The van der Waals surface area contributed by atoms with Gasteiger partial charge in [-0.3, -0.25) is 9.89 Å². The van der Waals surface area contributed by atoms with Gasteiger partial charge in [-0.2, -0.15) is 18.3 Å². The van der Waals surface area contributed by atoms with Gasteiger partial charge < -0.3 is 15.3 Å². The summed E-state index contributed by atoms with van der Waals surface area (Å²) in [6, 6.07) is 10.2. The molecule has 174 valence electrons. The normalized spacial score (nSPS) is 18.4. The molecule has 1 aromatic carbocycles. The van der Waals surface area contributed by atoms with E-state index in [1.165, 1.54) is 37.2 Å². The Bertz CT molecular complexity index is 909. The number of nitrogens with zero attached hydrogens (tertiary/aromatic N) is 2. The number of aryl methyl sites for hydroxylation is 1. The molecule has 1 aliphatic carbocycles. The SMILES string of the molecule is O=C(NCCN1CCCC1)C1CCc2[nH]nc(-c3ccccc3)c2C1.O=C(O)C(F)(F)F. The Morgan fingerprint density at radius 2 is 1.84 bits per heavy atom. The minimum Gasteiger partial charge on any atom is -0.475 e. The second-order valence-corrected chi connectivity index (χ2v) is 7.98. The molecule has 1 fully saturated rings. The Balaban J connectivity index is 0.000000360.